The zero-order chi connectivity index (χ0) is 16.9. The van der Waals surface area contributed by atoms with Gasteiger partial charge in [0, 0.05) is 32.1 Å². The molecule has 4 rings (SSSR count). The SMILES string of the molecule is C[C@@H]1C[C@H]1C(=O)N1CCN(S(=O)(=O)c2ccc3c(c2)CCC3)CC1. The molecule has 0 spiro atoms. The van der Waals surface area contributed by atoms with Gasteiger partial charge in [-0.1, -0.05) is 13.0 Å². The van der Waals surface area contributed by atoms with Crippen molar-refractivity contribution in [3.8, 4) is 0 Å². The van der Waals surface area contributed by atoms with Crippen LogP contribution in [-0.4, -0.2) is 49.7 Å². The first-order valence-corrected chi connectivity index (χ1v) is 10.3. The smallest absolute Gasteiger partial charge is 0.243 e. The number of carbonyl (C=O) groups excluding carboxylic acids is 1. The molecule has 0 N–H and O–H groups in total. The van der Waals surface area contributed by atoms with Crippen LogP contribution in [0.15, 0.2) is 23.1 Å². The van der Waals surface area contributed by atoms with Crippen LogP contribution in [0.4, 0.5) is 0 Å². The molecule has 2 atom stereocenters. The fourth-order valence-electron chi connectivity index (χ4n) is 3.91. The molecule has 0 unspecified atom stereocenters. The molecular weight excluding hydrogens is 324 g/mol. The topological polar surface area (TPSA) is 57.7 Å². The van der Waals surface area contributed by atoms with Crippen molar-refractivity contribution >= 4 is 15.9 Å². The number of fused-ring (bicyclic) bond motifs is 1. The first kappa shape index (κ1) is 16.1. The number of aryl methyl sites for hydroxylation is 2. The minimum Gasteiger partial charge on any atom is -0.340 e. The number of piperazine rings is 1. The van der Waals surface area contributed by atoms with Crippen molar-refractivity contribution in [2.45, 2.75) is 37.5 Å². The highest BCUT2D eigenvalue weighted by atomic mass is 32.2. The Labute approximate surface area is 143 Å². The van der Waals surface area contributed by atoms with E-state index < -0.39 is 10.0 Å². The van der Waals surface area contributed by atoms with Crippen LogP contribution in [0.1, 0.15) is 30.9 Å². The minimum absolute atomic E-state index is 0.171. The Balaban J connectivity index is 1.45. The first-order valence-electron chi connectivity index (χ1n) is 8.87. The Bertz CT molecular complexity index is 766. The third-order valence-electron chi connectivity index (χ3n) is 5.68. The summed E-state index contributed by atoms with van der Waals surface area (Å²) in [7, 11) is -3.45. The summed E-state index contributed by atoms with van der Waals surface area (Å²) in [6, 6.07) is 5.55. The fourth-order valence-corrected chi connectivity index (χ4v) is 5.38. The van der Waals surface area contributed by atoms with E-state index in [1.807, 2.05) is 17.0 Å². The zero-order valence-corrected chi connectivity index (χ0v) is 14.9. The van der Waals surface area contributed by atoms with Gasteiger partial charge in [0.2, 0.25) is 15.9 Å². The lowest BCUT2D eigenvalue weighted by molar-refractivity contribution is -0.134. The average Bonchev–Trinajstić information content (AvgIpc) is 3.13. The van der Waals surface area contributed by atoms with Gasteiger partial charge in [0.05, 0.1) is 4.90 Å². The van der Waals surface area contributed by atoms with E-state index in [-0.39, 0.29) is 11.8 Å². The molecule has 1 aromatic carbocycles. The summed E-state index contributed by atoms with van der Waals surface area (Å²) < 4.78 is 27.3. The maximum absolute atomic E-state index is 12.9. The van der Waals surface area contributed by atoms with Crippen LogP contribution in [0.2, 0.25) is 0 Å². The zero-order valence-electron chi connectivity index (χ0n) is 14.1. The van der Waals surface area contributed by atoms with Crippen LogP contribution >= 0.6 is 0 Å². The summed E-state index contributed by atoms with van der Waals surface area (Å²) in [4.78, 5) is 14.5. The number of hydrogen-bond donors (Lipinski definition) is 0. The Morgan fingerprint density at radius 1 is 1.08 bits per heavy atom. The van der Waals surface area contributed by atoms with Crippen molar-refractivity contribution in [3.63, 3.8) is 0 Å². The van der Waals surface area contributed by atoms with Crippen LogP contribution in [0.25, 0.3) is 0 Å². The molecule has 1 aromatic rings. The van der Waals surface area contributed by atoms with Crippen LogP contribution < -0.4 is 0 Å². The summed E-state index contributed by atoms with van der Waals surface area (Å²) in [5.74, 6) is 0.868. The number of rotatable bonds is 3. The second-order valence-corrected chi connectivity index (χ2v) is 9.27. The molecule has 2 aliphatic carbocycles. The molecule has 6 heteroatoms. The Morgan fingerprint density at radius 2 is 1.75 bits per heavy atom. The molecule has 0 aromatic heterocycles. The second-order valence-electron chi connectivity index (χ2n) is 7.33. The van der Waals surface area contributed by atoms with Gasteiger partial charge in [0.1, 0.15) is 0 Å². The Kier molecular flexibility index (Phi) is 3.92. The molecule has 1 amide bonds. The van der Waals surface area contributed by atoms with Crippen molar-refractivity contribution in [1.82, 2.24) is 9.21 Å². The van der Waals surface area contributed by atoms with E-state index in [1.165, 1.54) is 15.4 Å². The van der Waals surface area contributed by atoms with E-state index in [9.17, 15) is 13.2 Å². The maximum Gasteiger partial charge on any atom is 0.243 e. The van der Waals surface area contributed by atoms with Gasteiger partial charge in [-0.15, -0.1) is 0 Å². The van der Waals surface area contributed by atoms with Crippen molar-refractivity contribution in [2.75, 3.05) is 26.2 Å². The van der Waals surface area contributed by atoms with Gasteiger partial charge in [-0.2, -0.15) is 4.31 Å². The number of sulfonamides is 1. The standard InChI is InChI=1S/C18H24N2O3S/c1-13-11-17(13)18(21)19-7-9-20(10-8-19)24(22,23)16-6-5-14-3-2-4-15(14)12-16/h5-6,12-13,17H,2-4,7-11H2,1H3/t13-,17-/m1/s1. The molecule has 1 heterocycles. The molecule has 1 aliphatic heterocycles. The summed E-state index contributed by atoms with van der Waals surface area (Å²) in [6.07, 6.45) is 4.11. The summed E-state index contributed by atoms with van der Waals surface area (Å²) >= 11 is 0. The van der Waals surface area contributed by atoms with Crippen LogP contribution in [0.3, 0.4) is 0 Å². The molecule has 5 nitrogen and oxygen atoms in total. The van der Waals surface area contributed by atoms with Gasteiger partial charge >= 0.3 is 0 Å². The molecule has 1 saturated heterocycles. The molecule has 2 fully saturated rings. The number of amides is 1. The lowest BCUT2D eigenvalue weighted by atomic mass is 10.1. The monoisotopic (exact) mass is 348 g/mol. The van der Waals surface area contributed by atoms with Gasteiger partial charge in [-0.05, 0) is 54.9 Å². The number of hydrogen-bond acceptors (Lipinski definition) is 3. The Morgan fingerprint density at radius 3 is 2.42 bits per heavy atom. The predicted molar refractivity (Wildman–Crippen MR) is 91.1 cm³/mol. The molecule has 1 saturated carbocycles. The quantitative estimate of drug-likeness (QED) is 0.835. The average molecular weight is 348 g/mol. The Hall–Kier alpha value is -1.40. The van der Waals surface area contributed by atoms with Gasteiger partial charge in [0.15, 0.2) is 0 Å². The highest BCUT2D eigenvalue weighted by Crippen LogP contribution is 2.39. The predicted octanol–water partition coefficient (Wildman–Crippen LogP) is 1.66. The van der Waals surface area contributed by atoms with E-state index in [1.54, 1.807) is 6.07 Å². The second kappa shape index (κ2) is 5.85. The third-order valence-corrected chi connectivity index (χ3v) is 7.58. The van der Waals surface area contributed by atoms with Crippen molar-refractivity contribution in [2.24, 2.45) is 11.8 Å². The van der Waals surface area contributed by atoms with E-state index in [0.29, 0.717) is 37.0 Å². The molecule has 0 bridgehead atoms. The molecule has 3 aliphatic rings. The first-order chi connectivity index (χ1) is 11.5. The minimum atomic E-state index is -3.45. The molecular formula is C18H24N2O3S. The highest BCUT2D eigenvalue weighted by Gasteiger charge is 2.42. The molecule has 24 heavy (non-hydrogen) atoms. The normalized spacial score (nSPS) is 27.1. The largest absolute Gasteiger partial charge is 0.340 e. The number of nitrogens with zero attached hydrogens (tertiary/aromatic N) is 2. The van der Waals surface area contributed by atoms with Crippen LogP contribution in [0.5, 0.6) is 0 Å². The summed E-state index contributed by atoms with van der Waals surface area (Å²) in [6.45, 7) is 3.90. The van der Waals surface area contributed by atoms with E-state index in [0.717, 1.165) is 25.7 Å². The highest BCUT2D eigenvalue weighted by molar-refractivity contribution is 7.89. The van der Waals surface area contributed by atoms with Crippen LogP contribution in [-0.2, 0) is 27.7 Å². The lowest BCUT2D eigenvalue weighted by Gasteiger charge is -2.34. The molecule has 0 radical (unpaired) electrons. The van der Waals surface area contributed by atoms with Gasteiger partial charge in [0.25, 0.3) is 0 Å². The maximum atomic E-state index is 12.9. The van der Waals surface area contributed by atoms with Gasteiger partial charge in [-0.3, -0.25) is 4.79 Å². The van der Waals surface area contributed by atoms with Gasteiger partial charge < -0.3 is 4.90 Å². The summed E-state index contributed by atoms with van der Waals surface area (Å²) in [5, 5.41) is 0. The van der Waals surface area contributed by atoms with Crippen molar-refractivity contribution < 1.29 is 13.2 Å². The van der Waals surface area contributed by atoms with Crippen molar-refractivity contribution in [3.05, 3.63) is 29.3 Å². The van der Waals surface area contributed by atoms with E-state index >= 15 is 0 Å². The molecule has 130 valence electrons. The van der Waals surface area contributed by atoms with Crippen molar-refractivity contribution in [1.29, 1.82) is 0 Å². The fraction of sp³-hybridized carbons (Fsp3) is 0.611. The van der Waals surface area contributed by atoms with Crippen LogP contribution in [0, 0.1) is 11.8 Å². The third kappa shape index (κ3) is 2.75. The summed E-state index contributed by atoms with van der Waals surface area (Å²) in [5.41, 5.74) is 2.45. The number of benzene rings is 1. The lowest BCUT2D eigenvalue weighted by Crippen LogP contribution is -2.51. The van der Waals surface area contributed by atoms with Gasteiger partial charge in [-0.25, -0.2) is 8.42 Å². The number of carbonyl (C=O) groups is 1. The van der Waals surface area contributed by atoms with E-state index in [2.05, 4.69) is 6.92 Å². The van der Waals surface area contributed by atoms with E-state index in [4.69, 9.17) is 0 Å².